The minimum absolute atomic E-state index is 0.231. The molecule has 0 radical (unpaired) electrons. The number of carbonyl (C=O) groups is 2. The molecular formula is C13H16N2O5. The van der Waals surface area contributed by atoms with Gasteiger partial charge in [-0.25, -0.2) is 9.78 Å². The van der Waals surface area contributed by atoms with Crippen LogP contribution in [0.1, 0.15) is 18.7 Å². The Morgan fingerprint density at radius 1 is 1.60 bits per heavy atom. The van der Waals surface area contributed by atoms with E-state index in [9.17, 15) is 14.7 Å². The number of pyridine rings is 1. The first-order chi connectivity index (χ1) is 9.58. The van der Waals surface area contributed by atoms with E-state index in [-0.39, 0.29) is 12.5 Å². The summed E-state index contributed by atoms with van der Waals surface area (Å²) in [6.45, 7) is 1.94. The van der Waals surface area contributed by atoms with Gasteiger partial charge in [-0.3, -0.25) is 4.79 Å². The molecular weight excluding hydrogens is 264 g/mol. The van der Waals surface area contributed by atoms with Gasteiger partial charge in [0, 0.05) is 12.6 Å². The highest BCUT2D eigenvalue weighted by Gasteiger charge is 2.42. The molecule has 2 rings (SSSR count). The summed E-state index contributed by atoms with van der Waals surface area (Å²) >= 11 is 0. The summed E-state index contributed by atoms with van der Waals surface area (Å²) in [5, 5.41) is 9.27. The van der Waals surface area contributed by atoms with Crippen LogP contribution in [0.15, 0.2) is 18.2 Å². The average molecular weight is 280 g/mol. The first-order valence-electron chi connectivity index (χ1n) is 6.23. The number of likely N-dealkylation sites (N-methyl/N-ethyl adjacent to an activating group) is 1. The fourth-order valence-electron chi connectivity index (χ4n) is 2.26. The van der Waals surface area contributed by atoms with Crippen molar-refractivity contribution in [3.05, 3.63) is 23.9 Å². The van der Waals surface area contributed by atoms with Gasteiger partial charge in [0.1, 0.15) is 12.6 Å². The summed E-state index contributed by atoms with van der Waals surface area (Å²) < 4.78 is 10.2. The molecule has 1 aromatic rings. The first-order valence-corrected chi connectivity index (χ1v) is 6.23. The highest BCUT2D eigenvalue weighted by Crippen LogP contribution is 2.30. The summed E-state index contributed by atoms with van der Waals surface area (Å²) in [6, 6.07) is 4.26. The van der Waals surface area contributed by atoms with Crippen molar-refractivity contribution >= 4 is 11.9 Å². The molecule has 0 aliphatic carbocycles. The zero-order chi connectivity index (χ0) is 14.7. The van der Waals surface area contributed by atoms with Crippen LogP contribution in [0.3, 0.4) is 0 Å². The van der Waals surface area contributed by atoms with Crippen LogP contribution < -0.4 is 4.74 Å². The lowest BCUT2D eigenvalue weighted by atomic mass is 10.0. The highest BCUT2D eigenvalue weighted by molar-refractivity contribution is 5.82. The smallest absolute Gasteiger partial charge is 0.335 e. The minimum atomic E-state index is -1.13. The van der Waals surface area contributed by atoms with Crippen molar-refractivity contribution in [1.82, 2.24) is 9.88 Å². The standard InChI is InChI=1S/C13H16N2O5/c1-3-15-10(16)7-20-12(13(17)18)11(15)8-5-4-6-9(14-8)19-2/h4-6,11-12H,3,7H2,1-2H3,(H,17,18). The van der Waals surface area contributed by atoms with E-state index in [0.717, 1.165) is 0 Å². The quantitative estimate of drug-likeness (QED) is 0.862. The molecule has 108 valence electrons. The van der Waals surface area contributed by atoms with Crippen molar-refractivity contribution in [2.24, 2.45) is 0 Å². The number of carboxylic acids is 1. The molecule has 2 unspecified atom stereocenters. The molecule has 20 heavy (non-hydrogen) atoms. The predicted octanol–water partition coefficient (Wildman–Crippen LogP) is 0.463. The average Bonchev–Trinajstić information content (AvgIpc) is 2.46. The van der Waals surface area contributed by atoms with Crippen LogP contribution >= 0.6 is 0 Å². The molecule has 1 saturated heterocycles. The summed E-state index contributed by atoms with van der Waals surface area (Å²) in [5.74, 6) is -1.01. The number of carboxylic acid groups (broad SMARTS) is 1. The van der Waals surface area contributed by atoms with Gasteiger partial charge < -0.3 is 19.5 Å². The maximum atomic E-state index is 11.9. The van der Waals surface area contributed by atoms with Crippen molar-refractivity contribution in [2.75, 3.05) is 20.3 Å². The highest BCUT2D eigenvalue weighted by atomic mass is 16.5. The molecule has 7 heteroatoms. The van der Waals surface area contributed by atoms with Crippen molar-refractivity contribution in [3.63, 3.8) is 0 Å². The lowest BCUT2D eigenvalue weighted by Gasteiger charge is -2.38. The summed E-state index contributed by atoms with van der Waals surface area (Å²) in [6.07, 6.45) is -1.13. The van der Waals surface area contributed by atoms with E-state index in [0.29, 0.717) is 18.1 Å². The Bertz CT molecular complexity index is 517. The molecule has 1 aliphatic heterocycles. The van der Waals surface area contributed by atoms with E-state index in [1.54, 1.807) is 25.1 Å². The second kappa shape index (κ2) is 5.87. The van der Waals surface area contributed by atoms with Crippen LogP contribution in [-0.4, -0.2) is 53.2 Å². The van der Waals surface area contributed by atoms with Crippen molar-refractivity contribution < 1.29 is 24.2 Å². The second-order valence-corrected chi connectivity index (χ2v) is 4.30. The largest absolute Gasteiger partial charge is 0.481 e. The number of ether oxygens (including phenoxy) is 2. The van der Waals surface area contributed by atoms with E-state index in [4.69, 9.17) is 9.47 Å². The van der Waals surface area contributed by atoms with Gasteiger partial charge in [-0.2, -0.15) is 0 Å². The van der Waals surface area contributed by atoms with Crippen LogP contribution in [0.25, 0.3) is 0 Å². The Morgan fingerprint density at radius 3 is 2.95 bits per heavy atom. The van der Waals surface area contributed by atoms with Gasteiger partial charge in [0.25, 0.3) is 0 Å². The summed E-state index contributed by atoms with van der Waals surface area (Å²) in [4.78, 5) is 28.9. The number of rotatable bonds is 4. The van der Waals surface area contributed by atoms with Gasteiger partial charge in [0.05, 0.1) is 12.8 Å². The predicted molar refractivity (Wildman–Crippen MR) is 68.3 cm³/mol. The van der Waals surface area contributed by atoms with Crippen molar-refractivity contribution in [3.8, 4) is 5.88 Å². The molecule has 0 aromatic carbocycles. The van der Waals surface area contributed by atoms with Gasteiger partial charge >= 0.3 is 5.97 Å². The molecule has 2 heterocycles. The number of morpholine rings is 1. The zero-order valence-corrected chi connectivity index (χ0v) is 11.3. The van der Waals surface area contributed by atoms with Gasteiger partial charge in [-0.05, 0) is 13.0 Å². The van der Waals surface area contributed by atoms with E-state index in [2.05, 4.69) is 4.98 Å². The maximum Gasteiger partial charge on any atom is 0.335 e. The fourth-order valence-corrected chi connectivity index (χ4v) is 2.26. The number of hydrogen-bond acceptors (Lipinski definition) is 5. The number of aromatic nitrogens is 1. The maximum absolute atomic E-state index is 11.9. The van der Waals surface area contributed by atoms with Crippen LogP contribution in [-0.2, 0) is 14.3 Å². The Balaban J connectivity index is 2.43. The molecule has 0 bridgehead atoms. The summed E-state index contributed by atoms with van der Waals surface area (Å²) in [5.41, 5.74) is 0.437. The lowest BCUT2D eigenvalue weighted by molar-refractivity contribution is -0.173. The number of aliphatic carboxylic acids is 1. The Morgan fingerprint density at radius 2 is 2.35 bits per heavy atom. The number of amides is 1. The van der Waals surface area contributed by atoms with Crippen LogP contribution in [0.5, 0.6) is 5.88 Å². The number of methoxy groups -OCH3 is 1. The van der Waals surface area contributed by atoms with Gasteiger partial charge in [-0.1, -0.05) is 6.07 Å². The van der Waals surface area contributed by atoms with E-state index in [1.165, 1.54) is 12.0 Å². The van der Waals surface area contributed by atoms with Crippen LogP contribution in [0, 0.1) is 0 Å². The molecule has 0 spiro atoms. The van der Waals surface area contributed by atoms with Crippen LogP contribution in [0.4, 0.5) is 0 Å². The molecule has 1 aliphatic rings. The van der Waals surface area contributed by atoms with E-state index >= 15 is 0 Å². The van der Waals surface area contributed by atoms with Gasteiger partial charge in [0.15, 0.2) is 6.10 Å². The van der Waals surface area contributed by atoms with Crippen LogP contribution in [0.2, 0.25) is 0 Å². The Labute approximate surface area is 116 Å². The van der Waals surface area contributed by atoms with Gasteiger partial charge in [-0.15, -0.1) is 0 Å². The molecule has 1 fully saturated rings. The van der Waals surface area contributed by atoms with E-state index < -0.39 is 18.1 Å². The SMILES string of the molecule is CCN1C(=O)COC(C(=O)O)C1c1cccc(OC)n1. The normalized spacial score (nSPS) is 22.7. The van der Waals surface area contributed by atoms with Crippen molar-refractivity contribution in [1.29, 1.82) is 0 Å². The number of carbonyl (C=O) groups excluding carboxylic acids is 1. The van der Waals surface area contributed by atoms with Gasteiger partial charge in [0.2, 0.25) is 11.8 Å². The summed E-state index contributed by atoms with van der Waals surface area (Å²) in [7, 11) is 1.47. The monoisotopic (exact) mass is 280 g/mol. The number of hydrogen-bond donors (Lipinski definition) is 1. The Hall–Kier alpha value is -2.15. The molecule has 0 saturated carbocycles. The molecule has 1 aromatic heterocycles. The zero-order valence-electron chi connectivity index (χ0n) is 11.3. The molecule has 7 nitrogen and oxygen atoms in total. The molecule has 1 amide bonds. The lowest BCUT2D eigenvalue weighted by Crippen LogP contribution is -2.51. The molecule has 1 N–H and O–H groups in total. The topological polar surface area (TPSA) is 89.0 Å². The third-order valence-electron chi connectivity index (χ3n) is 3.17. The first kappa shape index (κ1) is 14.3. The third kappa shape index (κ3) is 2.57. The number of nitrogens with zero attached hydrogens (tertiary/aromatic N) is 2. The Kier molecular flexibility index (Phi) is 4.19. The minimum Gasteiger partial charge on any atom is -0.481 e. The second-order valence-electron chi connectivity index (χ2n) is 4.30. The van der Waals surface area contributed by atoms with Crippen molar-refractivity contribution in [2.45, 2.75) is 19.1 Å². The fraction of sp³-hybridized carbons (Fsp3) is 0.462. The third-order valence-corrected chi connectivity index (χ3v) is 3.17. The molecule has 2 atom stereocenters. The van der Waals surface area contributed by atoms with E-state index in [1.807, 2.05) is 0 Å².